The summed E-state index contributed by atoms with van der Waals surface area (Å²) in [5.74, 6) is 0.183. The highest BCUT2D eigenvalue weighted by atomic mass is 19.1. The largest absolute Gasteiger partial charge is 0.310 e. The summed E-state index contributed by atoms with van der Waals surface area (Å²) in [6, 6.07) is 8.58. The molecule has 4 aromatic rings. The molecular weight excluding hydrogens is 421 g/mol. The van der Waals surface area contributed by atoms with E-state index in [1.165, 1.54) is 6.07 Å². The first kappa shape index (κ1) is 21.0. The van der Waals surface area contributed by atoms with Crippen molar-refractivity contribution in [3.05, 3.63) is 71.8 Å². The van der Waals surface area contributed by atoms with Crippen molar-refractivity contribution in [2.24, 2.45) is 0 Å². The number of amides is 1. The van der Waals surface area contributed by atoms with Crippen LogP contribution < -0.4 is 5.32 Å². The zero-order valence-electron chi connectivity index (χ0n) is 18.7. The lowest BCUT2D eigenvalue weighted by molar-refractivity contribution is 0.102. The van der Waals surface area contributed by atoms with Crippen LogP contribution in [0.4, 0.5) is 10.2 Å². The van der Waals surface area contributed by atoms with Crippen molar-refractivity contribution in [2.75, 3.05) is 5.32 Å². The van der Waals surface area contributed by atoms with Crippen LogP contribution in [0, 0.1) is 12.7 Å². The Bertz CT molecular complexity index is 1340. The van der Waals surface area contributed by atoms with Gasteiger partial charge in [-0.05, 0) is 57.4 Å². The Morgan fingerprint density at radius 3 is 2.76 bits per heavy atom. The van der Waals surface area contributed by atoms with Crippen molar-refractivity contribution in [2.45, 2.75) is 45.6 Å². The molecule has 0 unspecified atom stereocenters. The number of hydrogen-bond donors (Lipinski definition) is 1. The lowest BCUT2D eigenvalue weighted by Crippen LogP contribution is -2.16. The number of benzene rings is 1. The molecule has 1 N–H and O–H groups in total. The molecule has 168 valence electrons. The highest BCUT2D eigenvalue weighted by molar-refractivity contribution is 6.04. The van der Waals surface area contributed by atoms with Gasteiger partial charge in [0.25, 0.3) is 5.91 Å². The van der Waals surface area contributed by atoms with E-state index in [0.717, 1.165) is 24.1 Å². The van der Waals surface area contributed by atoms with Gasteiger partial charge >= 0.3 is 0 Å². The number of hydrogen-bond acceptors (Lipinski definition) is 5. The average Bonchev–Trinajstić information content (AvgIpc) is 3.31. The molecule has 1 saturated carbocycles. The fourth-order valence-electron chi connectivity index (χ4n) is 3.82. The van der Waals surface area contributed by atoms with Gasteiger partial charge in [0.05, 0.1) is 23.3 Å². The minimum Gasteiger partial charge on any atom is -0.310 e. The summed E-state index contributed by atoms with van der Waals surface area (Å²) in [7, 11) is 0. The summed E-state index contributed by atoms with van der Waals surface area (Å²) in [6.07, 6.45) is 7.32. The maximum atomic E-state index is 15.5. The molecule has 0 radical (unpaired) electrons. The fraction of sp³-hybridized carbons (Fsp3) is 0.292. The minimum atomic E-state index is -0.594. The Morgan fingerprint density at radius 1 is 1.18 bits per heavy atom. The molecule has 1 aliphatic rings. The average molecular weight is 446 g/mol. The maximum absolute atomic E-state index is 15.5. The van der Waals surface area contributed by atoms with Gasteiger partial charge in [-0.2, -0.15) is 0 Å². The molecule has 8 nitrogen and oxygen atoms in total. The molecule has 33 heavy (non-hydrogen) atoms. The molecule has 0 spiro atoms. The summed E-state index contributed by atoms with van der Waals surface area (Å²) in [5.41, 5.74) is 2.51. The Balaban J connectivity index is 1.43. The molecule has 0 bridgehead atoms. The van der Waals surface area contributed by atoms with Crippen LogP contribution in [0.5, 0.6) is 0 Å². The molecule has 1 fully saturated rings. The van der Waals surface area contributed by atoms with Crippen LogP contribution in [-0.2, 0) is 0 Å². The molecule has 1 aromatic carbocycles. The summed E-state index contributed by atoms with van der Waals surface area (Å²) in [6.45, 7) is 5.85. The molecule has 0 aliphatic heterocycles. The molecule has 0 saturated heterocycles. The molecule has 1 amide bonds. The summed E-state index contributed by atoms with van der Waals surface area (Å²) in [5, 5.41) is 10.8. The monoisotopic (exact) mass is 445 g/mol. The van der Waals surface area contributed by atoms with Gasteiger partial charge in [-0.3, -0.25) is 4.79 Å². The molecule has 5 rings (SSSR count). The van der Waals surface area contributed by atoms with Crippen molar-refractivity contribution in [1.29, 1.82) is 0 Å². The Labute approximate surface area is 190 Å². The van der Waals surface area contributed by atoms with Crippen molar-refractivity contribution in [1.82, 2.24) is 29.3 Å². The normalized spacial score (nSPS) is 13.5. The van der Waals surface area contributed by atoms with E-state index < -0.39 is 11.7 Å². The van der Waals surface area contributed by atoms with E-state index in [-0.39, 0.29) is 11.6 Å². The van der Waals surface area contributed by atoms with E-state index in [2.05, 4.69) is 25.5 Å². The molecule has 1 aliphatic carbocycles. The first-order chi connectivity index (χ1) is 15.9. The van der Waals surface area contributed by atoms with Gasteiger partial charge in [-0.25, -0.2) is 14.4 Å². The van der Waals surface area contributed by atoms with Crippen molar-refractivity contribution < 1.29 is 9.18 Å². The Morgan fingerprint density at radius 2 is 2.00 bits per heavy atom. The first-order valence-electron chi connectivity index (χ1n) is 10.9. The summed E-state index contributed by atoms with van der Waals surface area (Å²) < 4.78 is 19.0. The van der Waals surface area contributed by atoms with Crippen LogP contribution in [-0.4, -0.2) is 35.2 Å². The van der Waals surface area contributed by atoms with Gasteiger partial charge in [-0.15, -0.1) is 10.2 Å². The number of carbonyl (C=O) groups excluding carboxylic acids is 1. The zero-order chi connectivity index (χ0) is 23.1. The third-order valence-electron chi connectivity index (χ3n) is 5.77. The standard InChI is InChI=1S/C24H24FN7O/c1-14(2)32-13-27-30-23(32)18-5-4-6-20(28-18)29-24(33)17-10-7-15(3)22(21(17)25)31-11-19(26-12-31)16-8-9-16/h4-7,10-14,16H,8-9H2,1-3H3,(H,28,29,33). The SMILES string of the molecule is Cc1ccc(C(=O)Nc2cccc(-c3nncn3C(C)C)n2)c(F)c1-n1cnc(C2CC2)c1. The van der Waals surface area contributed by atoms with Gasteiger partial charge in [0.1, 0.15) is 17.8 Å². The van der Waals surface area contributed by atoms with Crippen LogP contribution in [0.3, 0.4) is 0 Å². The molecule has 9 heteroatoms. The van der Waals surface area contributed by atoms with Crippen LogP contribution in [0.25, 0.3) is 17.2 Å². The fourth-order valence-corrected chi connectivity index (χ4v) is 3.82. The van der Waals surface area contributed by atoms with Gasteiger partial charge in [-0.1, -0.05) is 12.1 Å². The number of aryl methyl sites for hydroxylation is 1. The molecule has 0 atom stereocenters. The minimum absolute atomic E-state index is 0.0603. The van der Waals surface area contributed by atoms with Gasteiger partial charge < -0.3 is 14.5 Å². The van der Waals surface area contributed by atoms with Gasteiger partial charge in [0.15, 0.2) is 11.6 Å². The number of nitrogens with one attached hydrogen (secondary N) is 1. The van der Waals surface area contributed by atoms with Crippen LogP contribution in [0.15, 0.2) is 49.2 Å². The van der Waals surface area contributed by atoms with E-state index in [4.69, 9.17) is 0 Å². The van der Waals surface area contributed by atoms with E-state index in [1.54, 1.807) is 41.5 Å². The maximum Gasteiger partial charge on any atom is 0.259 e. The predicted molar refractivity (Wildman–Crippen MR) is 122 cm³/mol. The molecular formula is C24H24FN7O. The smallest absolute Gasteiger partial charge is 0.259 e. The predicted octanol–water partition coefficient (Wildman–Crippen LogP) is 4.68. The van der Waals surface area contributed by atoms with E-state index >= 15 is 4.39 Å². The number of anilines is 1. The molecule has 3 heterocycles. The van der Waals surface area contributed by atoms with Crippen molar-refractivity contribution >= 4 is 11.7 Å². The third kappa shape index (κ3) is 4.02. The lowest BCUT2D eigenvalue weighted by atomic mass is 10.1. The highest BCUT2D eigenvalue weighted by Crippen LogP contribution is 2.39. The second-order valence-corrected chi connectivity index (χ2v) is 8.59. The quantitative estimate of drug-likeness (QED) is 0.465. The number of aromatic nitrogens is 6. The van der Waals surface area contributed by atoms with E-state index in [1.807, 2.05) is 31.5 Å². The first-order valence-corrected chi connectivity index (χ1v) is 10.9. The van der Waals surface area contributed by atoms with Crippen LogP contribution in [0.2, 0.25) is 0 Å². The number of carbonyl (C=O) groups is 1. The number of imidazole rings is 1. The topological polar surface area (TPSA) is 90.5 Å². The van der Waals surface area contributed by atoms with E-state index in [9.17, 15) is 4.79 Å². The number of pyridine rings is 1. The number of halogens is 1. The van der Waals surface area contributed by atoms with Crippen LogP contribution >= 0.6 is 0 Å². The number of rotatable bonds is 6. The number of nitrogens with zero attached hydrogens (tertiary/aromatic N) is 6. The van der Waals surface area contributed by atoms with Gasteiger partial charge in [0, 0.05) is 18.2 Å². The summed E-state index contributed by atoms with van der Waals surface area (Å²) in [4.78, 5) is 21.9. The highest BCUT2D eigenvalue weighted by Gasteiger charge is 2.27. The Kier molecular flexibility index (Phi) is 5.24. The molecule has 3 aromatic heterocycles. The van der Waals surface area contributed by atoms with Crippen molar-refractivity contribution in [3.8, 4) is 17.2 Å². The van der Waals surface area contributed by atoms with Crippen LogP contribution in [0.1, 0.15) is 60.3 Å². The Hall–Kier alpha value is -3.88. The second-order valence-electron chi connectivity index (χ2n) is 8.59. The second kappa shape index (κ2) is 8.23. The summed E-state index contributed by atoms with van der Waals surface area (Å²) >= 11 is 0. The van der Waals surface area contributed by atoms with E-state index in [0.29, 0.717) is 28.9 Å². The zero-order valence-corrected chi connectivity index (χ0v) is 18.7. The van der Waals surface area contributed by atoms with Gasteiger partial charge in [0.2, 0.25) is 0 Å². The lowest BCUT2D eigenvalue weighted by Gasteiger charge is -2.13. The third-order valence-corrected chi connectivity index (χ3v) is 5.77. The van der Waals surface area contributed by atoms with Crippen molar-refractivity contribution in [3.63, 3.8) is 0 Å².